The Labute approximate surface area is 144 Å². The number of anilines is 3. The summed E-state index contributed by atoms with van der Waals surface area (Å²) in [5, 5.41) is 0. The number of hydrogen-bond donors (Lipinski definition) is 0. The predicted octanol–water partition coefficient (Wildman–Crippen LogP) is 6.29. The van der Waals surface area contributed by atoms with Crippen molar-refractivity contribution < 1.29 is 0 Å². The number of fused-ring (bicyclic) bond motifs is 2. The minimum absolute atomic E-state index is 1.01. The van der Waals surface area contributed by atoms with Crippen LogP contribution in [0, 0.1) is 27.7 Å². The summed E-state index contributed by atoms with van der Waals surface area (Å²) >= 11 is 0. The van der Waals surface area contributed by atoms with E-state index in [9.17, 15) is 0 Å². The number of aryl methyl sites for hydroxylation is 4. The molecule has 1 nitrogen and oxygen atoms in total. The smallest absolute Gasteiger partial charge is 0.0497 e. The van der Waals surface area contributed by atoms with Gasteiger partial charge in [0.15, 0.2) is 0 Å². The Balaban J connectivity index is 1.96. The zero-order valence-corrected chi connectivity index (χ0v) is 14.9. The molecule has 120 valence electrons. The average molecular weight is 313 g/mol. The summed E-state index contributed by atoms with van der Waals surface area (Å²) in [6, 6.07) is 20.4. The molecule has 4 rings (SSSR count). The molecule has 0 saturated heterocycles. The molecule has 1 heteroatoms. The Bertz CT molecular complexity index is 885. The van der Waals surface area contributed by atoms with Crippen LogP contribution in [0.1, 0.15) is 33.4 Å². The van der Waals surface area contributed by atoms with Gasteiger partial charge in [0, 0.05) is 23.5 Å². The fourth-order valence-corrected chi connectivity index (χ4v) is 3.63. The van der Waals surface area contributed by atoms with Crippen LogP contribution in [0.15, 0.2) is 54.6 Å². The van der Waals surface area contributed by atoms with Crippen molar-refractivity contribution in [3.63, 3.8) is 0 Å². The van der Waals surface area contributed by atoms with Crippen molar-refractivity contribution in [1.82, 2.24) is 0 Å². The van der Waals surface area contributed by atoms with Crippen LogP contribution >= 0.6 is 0 Å². The molecule has 24 heavy (non-hydrogen) atoms. The van der Waals surface area contributed by atoms with E-state index >= 15 is 0 Å². The molecule has 0 radical (unpaired) electrons. The minimum atomic E-state index is 1.01. The molecule has 1 aliphatic heterocycles. The van der Waals surface area contributed by atoms with Gasteiger partial charge in [0.1, 0.15) is 0 Å². The van der Waals surface area contributed by atoms with Gasteiger partial charge < -0.3 is 4.90 Å². The van der Waals surface area contributed by atoms with Crippen LogP contribution in [0.4, 0.5) is 17.1 Å². The molecule has 1 heterocycles. The van der Waals surface area contributed by atoms with Crippen molar-refractivity contribution in [2.45, 2.75) is 34.1 Å². The predicted molar refractivity (Wildman–Crippen MR) is 103 cm³/mol. The van der Waals surface area contributed by atoms with Crippen LogP contribution in [0.5, 0.6) is 0 Å². The average Bonchev–Trinajstić information content (AvgIpc) is 2.55. The summed E-state index contributed by atoms with van der Waals surface area (Å²) in [7, 11) is 0. The van der Waals surface area contributed by atoms with E-state index < -0.39 is 0 Å². The fourth-order valence-electron chi connectivity index (χ4n) is 3.63. The summed E-state index contributed by atoms with van der Waals surface area (Å²) in [6.45, 7) is 8.71. The normalized spacial score (nSPS) is 12.8. The van der Waals surface area contributed by atoms with E-state index in [1.54, 1.807) is 0 Å². The van der Waals surface area contributed by atoms with Crippen LogP contribution in [-0.4, -0.2) is 0 Å². The van der Waals surface area contributed by atoms with Crippen LogP contribution in [0.3, 0.4) is 0 Å². The zero-order valence-electron chi connectivity index (χ0n) is 14.9. The molecular formula is C23H23N. The van der Waals surface area contributed by atoms with E-state index in [-0.39, 0.29) is 0 Å². The van der Waals surface area contributed by atoms with Crippen molar-refractivity contribution in [3.05, 3.63) is 88.0 Å². The highest BCUT2D eigenvalue weighted by Gasteiger charge is 2.24. The molecular weight excluding hydrogens is 290 g/mol. The van der Waals surface area contributed by atoms with Crippen LogP contribution < -0.4 is 4.90 Å². The first-order valence-corrected chi connectivity index (χ1v) is 8.59. The standard InChI is InChI=1S/C23H23N/c1-15-5-9-22-19(11-15)14-20-12-16(2)6-10-23(20)24(22)21-8-7-17(3)18(4)13-21/h5-13H,14H2,1-4H3. The first kappa shape index (κ1) is 15.0. The van der Waals surface area contributed by atoms with E-state index in [0.29, 0.717) is 0 Å². The van der Waals surface area contributed by atoms with Crippen LogP contribution in [0.25, 0.3) is 0 Å². The van der Waals surface area contributed by atoms with Crippen molar-refractivity contribution >= 4 is 17.1 Å². The molecule has 0 bridgehead atoms. The summed E-state index contributed by atoms with van der Waals surface area (Å²) in [5.41, 5.74) is 12.0. The monoisotopic (exact) mass is 313 g/mol. The third-order valence-electron chi connectivity index (χ3n) is 5.08. The Morgan fingerprint density at radius 3 is 1.75 bits per heavy atom. The highest BCUT2D eigenvalue weighted by atomic mass is 15.2. The summed E-state index contributed by atoms with van der Waals surface area (Å²) < 4.78 is 0. The molecule has 0 aliphatic carbocycles. The van der Waals surface area contributed by atoms with E-state index in [2.05, 4.69) is 87.2 Å². The Hall–Kier alpha value is -2.54. The largest absolute Gasteiger partial charge is 0.310 e. The number of hydrogen-bond acceptors (Lipinski definition) is 1. The molecule has 0 spiro atoms. The third-order valence-corrected chi connectivity index (χ3v) is 5.08. The molecule has 0 atom stereocenters. The Morgan fingerprint density at radius 2 is 1.21 bits per heavy atom. The molecule has 1 aliphatic rings. The lowest BCUT2D eigenvalue weighted by Gasteiger charge is -2.34. The maximum Gasteiger partial charge on any atom is 0.0497 e. The van der Waals surface area contributed by atoms with E-state index in [4.69, 9.17) is 0 Å². The molecule has 3 aromatic rings. The lowest BCUT2D eigenvalue weighted by Crippen LogP contribution is -2.19. The lowest BCUT2D eigenvalue weighted by molar-refractivity contribution is 1.07. The topological polar surface area (TPSA) is 3.24 Å². The summed E-state index contributed by atoms with van der Waals surface area (Å²) in [4.78, 5) is 2.42. The van der Waals surface area contributed by atoms with E-state index in [0.717, 1.165) is 6.42 Å². The molecule has 3 aromatic carbocycles. The van der Waals surface area contributed by atoms with E-state index in [1.807, 2.05) is 0 Å². The Kier molecular flexibility index (Phi) is 3.45. The van der Waals surface area contributed by atoms with Gasteiger partial charge in [0.05, 0.1) is 0 Å². The van der Waals surface area contributed by atoms with Gasteiger partial charge in [-0.2, -0.15) is 0 Å². The SMILES string of the molecule is Cc1ccc2c(c1)Cc1cc(C)ccc1N2c1ccc(C)c(C)c1. The highest BCUT2D eigenvalue weighted by molar-refractivity contribution is 5.84. The third kappa shape index (κ3) is 2.41. The van der Waals surface area contributed by atoms with Gasteiger partial charge in [-0.25, -0.2) is 0 Å². The van der Waals surface area contributed by atoms with Gasteiger partial charge in [-0.05, 0) is 74.2 Å². The maximum atomic E-state index is 2.42. The second-order valence-corrected chi connectivity index (χ2v) is 7.05. The molecule has 0 unspecified atom stereocenters. The lowest BCUT2D eigenvalue weighted by atomic mass is 9.92. The molecule has 0 aromatic heterocycles. The fraction of sp³-hybridized carbons (Fsp3) is 0.217. The summed E-state index contributed by atoms with van der Waals surface area (Å²) in [5.74, 6) is 0. The van der Waals surface area contributed by atoms with Crippen molar-refractivity contribution in [3.8, 4) is 0 Å². The second-order valence-electron chi connectivity index (χ2n) is 7.05. The quantitative estimate of drug-likeness (QED) is 0.399. The highest BCUT2D eigenvalue weighted by Crippen LogP contribution is 2.44. The Morgan fingerprint density at radius 1 is 0.625 bits per heavy atom. The van der Waals surface area contributed by atoms with E-state index in [1.165, 1.54) is 50.4 Å². The number of nitrogens with zero attached hydrogens (tertiary/aromatic N) is 1. The first-order valence-electron chi connectivity index (χ1n) is 8.59. The van der Waals surface area contributed by atoms with Gasteiger partial charge in [-0.15, -0.1) is 0 Å². The minimum Gasteiger partial charge on any atom is -0.310 e. The van der Waals surface area contributed by atoms with Gasteiger partial charge in [-0.3, -0.25) is 0 Å². The molecule has 0 amide bonds. The molecule has 0 fully saturated rings. The number of rotatable bonds is 1. The van der Waals surface area contributed by atoms with Gasteiger partial charge in [0.25, 0.3) is 0 Å². The zero-order chi connectivity index (χ0) is 16.8. The van der Waals surface area contributed by atoms with Gasteiger partial charge >= 0.3 is 0 Å². The molecule has 0 saturated carbocycles. The first-order chi connectivity index (χ1) is 11.5. The van der Waals surface area contributed by atoms with Gasteiger partial charge in [-0.1, -0.05) is 41.5 Å². The second kappa shape index (κ2) is 5.52. The molecule has 0 N–H and O–H groups in total. The van der Waals surface area contributed by atoms with Gasteiger partial charge in [0.2, 0.25) is 0 Å². The van der Waals surface area contributed by atoms with Crippen molar-refractivity contribution in [2.24, 2.45) is 0 Å². The maximum absolute atomic E-state index is 2.42. The number of benzene rings is 3. The van der Waals surface area contributed by atoms with Crippen LogP contribution in [0.2, 0.25) is 0 Å². The van der Waals surface area contributed by atoms with Crippen LogP contribution in [-0.2, 0) is 6.42 Å². The summed E-state index contributed by atoms with van der Waals surface area (Å²) in [6.07, 6.45) is 1.01. The van der Waals surface area contributed by atoms with Crippen molar-refractivity contribution in [1.29, 1.82) is 0 Å². The van der Waals surface area contributed by atoms with Crippen molar-refractivity contribution in [2.75, 3.05) is 4.90 Å².